The van der Waals surface area contributed by atoms with Crippen molar-refractivity contribution in [2.24, 2.45) is 0 Å². The predicted molar refractivity (Wildman–Crippen MR) is 16.1 cm³/mol. The Labute approximate surface area is 34.0 Å². The maximum Gasteiger partial charge on any atom is 0.0920 e. The van der Waals surface area contributed by atoms with E-state index in [4.69, 9.17) is 0 Å². The van der Waals surface area contributed by atoms with Gasteiger partial charge in [0.1, 0.15) is 0 Å². The highest BCUT2D eigenvalue weighted by atomic mass is 16.5. The zero-order chi connectivity index (χ0) is 4.41. The molecular formula is C2H2N3O. The predicted octanol–water partition coefficient (Wildman–Crippen LogP) is -0.528. The molecule has 0 N–H and O–H groups in total. The minimum Gasteiger partial charge on any atom is -0.145 e. The number of rotatable bonds is 0. The molecule has 0 spiro atoms. The average molecular weight is 84.1 g/mol. The fraction of sp³-hybridized carbons (Fsp3) is 0. The molecule has 31 valence electrons. The summed E-state index contributed by atoms with van der Waals surface area (Å²) in [7, 11) is 0. The second-order valence-electron chi connectivity index (χ2n) is 0.806. The standard InChI is InChI=1S/C2H2N3O/c6-5-2-1-3-4-5/h1-2H. The minimum atomic E-state index is 0.389. The molecule has 0 bridgehead atoms. The quantitative estimate of drug-likeness (QED) is 0.424. The molecule has 0 unspecified atom stereocenters. The van der Waals surface area contributed by atoms with Crippen molar-refractivity contribution >= 4 is 0 Å². The molecule has 0 aromatic carbocycles. The molecule has 1 rings (SSSR count). The molecule has 0 aliphatic rings. The van der Waals surface area contributed by atoms with Crippen LogP contribution in [0.4, 0.5) is 0 Å². The van der Waals surface area contributed by atoms with E-state index in [-0.39, 0.29) is 0 Å². The Morgan fingerprint density at radius 3 is 2.67 bits per heavy atom. The second kappa shape index (κ2) is 0.965. The molecule has 0 amide bonds. The number of aromatic nitrogens is 3. The van der Waals surface area contributed by atoms with Gasteiger partial charge in [-0.25, -0.2) is 0 Å². The first-order valence-electron chi connectivity index (χ1n) is 1.43. The summed E-state index contributed by atoms with van der Waals surface area (Å²) in [6.07, 6.45) is 2.55. The third kappa shape index (κ3) is 0.314. The van der Waals surface area contributed by atoms with Crippen LogP contribution >= 0.6 is 0 Å². The van der Waals surface area contributed by atoms with E-state index in [1.165, 1.54) is 12.4 Å². The maximum atomic E-state index is 9.81. The summed E-state index contributed by atoms with van der Waals surface area (Å²) in [5.41, 5.74) is 0. The summed E-state index contributed by atoms with van der Waals surface area (Å²) < 4.78 is 0. The van der Waals surface area contributed by atoms with Crippen molar-refractivity contribution in [3.8, 4) is 0 Å². The third-order valence-corrected chi connectivity index (χ3v) is 0.401. The van der Waals surface area contributed by atoms with Crippen LogP contribution in [0.2, 0.25) is 0 Å². The Balaban J connectivity index is 3.05. The fourth-order valence-electron chi connectivity index (χ4n) is 0.197. The Morgan fingerprint density at radius 2 is 2.50 bits per heavy atom. The Bertz CT molecular complexity index is 112. The van der Waals surface area contributed by atoms with Crippen LogP contribution in [0.1, 0.15) is 0 Å². The van der Waals surface area contributed by atoms with Gasteiger partial charge < -0.3 is 0 Å². The molecule has 4 nitrogen and oxygen atoms in total. The van der Waals surface area contributed by atoms with E-state index >= 15 is 0 Å². The van der Waals surface area contributed by atoms with Crippen LogP contribution in [-0.2, 0) is 5.21 Å². The van der Waals surface area contributed by atoms with Crippen LogP contribution in [0.15, 0.2) is 12.4 Å². The normalized spacial score (nSPS) is 8.67. The van der Waals surface area contributed by atoms with Crippen LogP contribution in [0.5, 0.6) is 0 Å². The Morgan fingerprint density at radius 1 is 1.67 bits per heavy atom. The lowest BCUT2D eigenvalue weighted by Gasteiger charge is -1.65. The SMILES string of the molecule is [O]n1ccnn1. The molecule has 1 aromatic rings. The van der Waals surface area contributed by atoms with Gasteiger partial charge in [0.05, 0.1) is 12.4 Å². The molecule has 0 aliphatic heterocycles. The molecule has 1 radical (unpaired) electrons. The monoisotopic (exact) mass is 84.0 g/mol. The van der Waals surface area contributed by atoms with Crippen molar-refractivity contribution in [2.45, 2.75) is 0 Å². The summed E-state index contributed by atoms with van der Waals surface area (Å²) in [5.74, 6) is 0. The lowest BCUT2D eigenvalue weighted by atomic mass is 11.0. The zero-order valence-corrected chi connectivity index (χ0v) is 2.90. The van der Waals surface area contributed by atoms with Crippen molar-refractivity contribution in [2.75, 3.05) is 0 Å². The molecule has 1 aromatic heterocycles. The maximum absolute atomic E-state index is 9.81. The number of nitrogens with zero attached hydrogens (tertiary/aromatic N) is 3. The first-order chi connectivity index (χ1) is 2.89. The van der Waals surface area contributed by atoms with Gasteiger partial charge >= 0.3 is 0 Å². The van der Waals surface area contributed by atoms with E-state index in [1.54, 1.807) is 0 Å². The van der Waals surface area contributed by atoms with Crippen molar-refractivity contribution in [3.05, 3.63) is 12.4 Å². The molecule has 6 heavy (non-hydrogen) atoms. The lowest BCUT2D eigenvalue weighted by Crippen LogP contribution is -1.85. The topological polar surface area (TPSA) is 50.6 Å². The summed E-state index contributed by atoms with van der Waals surface area (Å²) in [6, 6.07) is 0. The molecule has 4 heteroatoms. The highest BCUT2D eigenvalue weighted by molar-refractivity contribution is 4.57. The highest BCUT2D eigenvalue weighted by Crippen LogP contribution is 1.66. The van der Waals surface area contributed by atoms with Crippen molar-refractivity contribution in [1.82, 2.24) is 15.2 Å². The smallest absolute Gasteiger partial charge is 0.0920 e. The van der Waals surface area contributed by atoms with E-state index in [0.717, 1.165) is 0 Å². The summed E-state index contributed by atoms with van der Waals surface area (Å²) >= 11 is 0. The van der Waals surface area contributed by atoms with E-state index < -0.39 is 0 Å². The zero-order valence-electron chi connectivity index (χ0n) is 2.90. The molecule has 0 atom stereocenters. The summed E-state index contributed by atoms with van der Waals surface area (Å²) in [4.78, 5) is 0.389. The van der Waals surface area contributed by atoms with Gasteiger partial charge in [-0.15, -0.1) is 10.3 Å². The molecule has 0 saturated heterocycles. The molecule has 1 heterocycles. The number of hydrogen-bond donors (Lipinski definition) is 0. The minimum absolute atomic E-state index is 0.389. The Kier molecular flexibility index (Phi) is 0.506. The summed E-state index contributed by atoms with van der Waals surface area (Å²) in [6.45, 7) is 0. The van der Waals surface area contributed by atoms with Gasteiger partial charge in [0.15, 0.2) is 0 Å². The molecular weight excluding hydrogens is 82.0 g/mol. The van der Waals surface area contributed by atoms with E-state index in [1.807, 2.05) is 0 Å². The van der Waals surface area contributed by atoms with Gasteiger partial charge in [-0.1, -0.05) is 0 Å². The first-order valence-corrected chi connectivity index (χ1v) is 1.43. The highest BCUT2D eigenvalue weighted by Gasteiger charge is 1.77. The van der Waals surface area contributed by atoms with Gasteiger partial charge in [0, 0.05) is 0 Å². The largest absolute Gasteiger partial charge is 0.145 e. The molecule has 0 aliphatic carbocycles. The van der Waals surface area contributed by atoms with Crippen molar-refractivity contribution < 1.29 is 5.21 Å². The van der Waals surface area contributed by atoms with Crippen LogP contribution in [0, 0.1) is 0 Å². The second-order valence-corrected chi connectivity index (χ2v) is 0.806. The van der Waals surface area contributed by atoms with Crippen LogP contribution < -0.4 is 0 Å². The van der Waals surface area contributed by atoms with Crippen LogP contribution in [0.3, 0.4) is 0 Å². The van der Waals surface area contributed by atoms with Gasteiger partial charge in [-0.05, 0) is 10.1 Å². The van der Waals surface area contributed by atoms with Crippen molar-refractivity contribution in [3.63, 3.8) is 0 Å². The van der Waals surface area contributed by atoms with Gasteiger partial charge in [0.25, 0.3) is 0 Å². The molecule has 0 saturated carbocycles. The molecule has 0 fully saturated rings. The van der Waals surface area contributed by atoms with E-state index in [9.17, 15) is 5.21 Å². The summed E-state index contributed by atoms with van der Waals surface area (Å²) in [5, 5.41) is 16.1. The van der Waals surface area contributed by atoms with Gasteiger partial charge in [0.2, 0.25) is 0 Å². The van der Waals surface area contributed by atoms with E-state index in [2.05, 4.69) is 10.3 Å². The lowest BCUT2D eigenvalue weighted by molar-refractivity contribution is 0.0547. The Hall–Kier alpha value is -1.06. The third-order valence-electron chi connectivity index (χ3n) is 0.401. The van der Waals surface area contributed by atoms with Gasteiger partial charge in [-0.2, -0.15) is 0 Å². The van der Waals surface area contributed by atoms with Crippen molar-refractivity contribution in [1.29, 1.82) is 0 Å². The fourth-order valence-corrected chi connectivity index (χ4v) is 0.197. The van der Waals surface area contributed by atoms with Gasteiger partial charge in [-0.3, -0.25) is 0 Å². The number of hydrogen-bond acceptors (Lipinski definition) is 2. The van der Waals surface area contributed by atoms with Crippen LogP contribution in [0.25, 0.3) is 0 Å². The first kappa shape index (κ1) is 3.14. The van der Waals surface area contributed by atoms with Crippen LogP contribution in [-0.4, -0.2) is 15.2 Å². The van der Waals surface area contributed by atoms with E-state index in [0.29, 0.717) is 4.85 Å². The average Bonchev–Trinajstić information content (AvgIpc) is 1.86.